The zero-order valence-electron chi connectivity index (χ0n) is 16.2. The molecule has 2 fully saturated rings. The number of anilines is 1. The first-order chi connectivity index (χ1) is 14.2. The van der Waals surface area contributed by atoms with Crippen LogP contribution in [0.1, 0.15) is 30.3 Å². The highest BCUT2D eigenvalue weighted by molar-refractivity contribution is 5.61. The van der Waals surface area contributed by atoms with Crippen molar-refractivity contribution in [1.82, 2.24) is 35.1 Å². The fraction of sp³-hybridized carbons (Fsp3) is 0.400. The highest BCUT2D eigenvalue weighted by Gasteiger charge is 2.40. The van der Waals surface area contributed by atoms with E-state index in [9.17, 15) is 0 Å². The van der Waals surface area contributed by atoms with E-state index < -0.39 is 0 Å². The number of aromatic nitrogens is 6. The molecule has 2 aliphatic heterocycles. The van der Waals surface area contributed by atoms with Crippen molar-refractivity contribution in [2.45, 2.75) is 31.8 Å². The first kappa shape index (κ1) is 17.7. The summed E-state index contributed by atoms with van der Waals surface area (Å²) in [5.41, 5.74) is 2.10. The van der Waals surface area contributed by atoms with E-state index in [0.717, 1.165) is 44.0 Å². The van der Waals surface area contributed by atoms with Crippen LogP contribution in [-0.2, 0) is 0 Å². The van der Waals surface area contributed by atoms with Crippen LogP contribution in [0, 0.1) is 13.5 Å². The van der Waals surface area contributed by atoms with E-state index in [1.807, 2.05) is 12.1 Å². The molecule has 0 radical (unpaired) electrons. The summed E-state index contributed by atoms with van der Waals surface area (Å²) in [6, 6.07) is 8.67. The summed E-state index contributed by atoms with van der Waals surface area (Å²) in [6.07, 6.45) is 5.30. The Balaban J connectivity index is 1.33. The van der Waals surface area contributed by atoms with Gasteiger partial charge in [0.1, 0.15) is 6.20 Å². The van der Waals surface area contributed by atoms with Crippen molar-refractivity contribution in [3.05, 3.63) is 59.5 Å². The molecule has 2 aliphatic rings. The third-order valence-corrected chi connectivity index (χ3v) is 5.73. The van der Waals surface area contributed by atoms with Crippen molar-refractivity contribution in [3.63, 3.8) is 0 Å². The Kier molecular flexibility index (Phi) is 4.41. The molecule has 0 spiro atoms. The summed E-state index contributed by atoms with van der Waals surface area (Å²) >= 11 is 0. The van der Waals surface area contributed by atoms with Gasteiger partial charge in [-0.15, -0.1) is 20.0 Å². The molecule has 4 heterocycles. The lowest BCUT2D eigenvalue weighted by atomic mass is 10.1. The number of hydrogen-bond donors (Lipinski definition) is 0. The third-order valence-electron chi connectivity index (χ3n) is 5.73. The molecule has 9 nitrogen and oxygen atoms in total. The maximum Gasteiger partial charge on any atom is 0.312 e. The van der Waals surface area contributed by atoms with Gasteiger partial charge in [0.05, 0.1) is 17.9 Å². The first-order valence-electron chi connectivity index (χ1n) is 9.79. The lowest BCUT2D eigenvalue weighted by Crippen LogP contribution is -2.51. The number of rotatable bonds is 3. The van der Waals surface area contributed by atoms with E-state index in [0.29, 0.717) is 17.7 Å². The zero-order chi connectivity index (χ0) is 19.8. The standard InChI is InChI=1S/C20H21N9/c1-14-4-3-5-15(12-14)29-25-18(24-26-29)17-7-6-16-13-27(10-11-28(16)17)20-19(21-2)22-8-9-23-20/h3-5,8-9,12,16-17H,6-7,10-11,13H2,1H3/t16-,17+/m0/s1. The van der Waals surface area contributed by atoms with E-state index in [-0.39, 0.29) is 6.04 Å². The monoisotopic (exact) mass is 387 g/mol. The van der Waals surface area contributed by atoms with Gasteiger partial charge in [-0.1, -0.05) is 18.7 Å². The molecule has 29 heavy (non-hydrogen) atoms. The highest BCUT2D eigenvalue weighted by Crippen LogP contribution is 2.38. The summed E-state index contributed by atoms with van der Waals surface area (Å²) in [6.45, 7) is 11.9. The van der Waals surface area contributed by atoms with Gasteiger partial charge in [0, 0.05) is 25.7 Å². The predicted molar refractivity (Wildman–Crippen MR) is 107 cm³/mol. The second-order valence-electron chi connectivity index (χ2n) is 7.52. The largest absolute Gasteiger partial charge is 0.361 e. The number of hydrogen-bond acceptors (Lipinski definition) is 7. The lowest BCUT2D eigenvalue weighted by Gasteiger charge is -2.40. The molecule has 5 rings (SSSR count). The average Bonchev–Trinajstić information content (AvgIpc) is 3.40. The Morgan fingerprint density at radius 2 is 2.03 bits per heavy atom. The Morgan fingerprint density at radius 1 is 1.14 bits per heavy atom. The number of tetrazole rings is 1. The molecule has 0 aliphatic carbocycles. The number of nitrogens with zero attached hydrogens (tertiary/aromatic N) is 9. The first-order valence-corrected chi connectivity index (χ1v) is 9.79. The van der Waals surface area contributed by atoms with Crippen LogP contribution in [0.5, 0.6) is 0 Å². The van der Waals surface area contributed by atoms with E-state index in [1.54, 1.807) is 17.2 Å². The van der Waals surface area contributed by atoms with Gasteiger partial charge in [0.2, 0.25) is 0 Å². The quantitative estimate of drug-likeness (QED) is 0.638. The molecule has 0 unspecified atom stereocenters. The van der Waals surface area contributed by atoms with Crippen molar-refractivity contribution in [2.75, 3.05) is 24.5 Å². The van der Waals surface area contributed by atoms with Crippen molar-refractivity contribution in [1.29, 1.82) is 0 Å². The van der Waals surface area contributed by atoms with E-state index in [2.05, 4.69) is 59.1 Å². The summed E-state index contributed by atoms with van der Waals surface area (Å²) in [4.78, 5) is 18.4. The molecular formula is C20H21N9. The summed E-state index contributed by atoms with van der Waals surface area (Å²) < 4.78 is 0. The van der Waals surface area contributed by atoms with Crippen LogP contribution in [0.2, 0.25) is 0 Å². The minimum Gasteiger partial charge on any atom is -0.361 e. The third kappa shape index (κ3) is 3.21. The van der Waals surface area contributed by atoms with E-state index in [1.165, 1.54) is 5.56 Å². The van der Waals surface area contributed by atoms with Crippen molar-refractivity contribution in [2.24, 2.45) is 0 Å². The Morgan fingerprint density at radius 3 is 2.90 bits per heavy atom. The molecule has 146 valence electrons. The van der Waals surface area contributed by atoms with E-state index >= 15 is 0 Å². The van der Waals surface area contributed by atoms with E-state index in [4.69, 9.17) is 6.57 Å². The molecule has 2 saturated heterocycles. The molecular weight excluding hydrogens is 366 g/mol. The van der Waals surface area contributed by atoms with Crippen LogP contribution >= 0.6 is 0 Å². The van der Waals surface area contributed by atoms with Gasteiger partial charge in [-0.2, -0.15) is 0 Å². The lowest BCUT2D eigenvalue weighted by molar-refractivity contribution is 0.170. The molecule has 1 aromatic carbocycles. The molecule has 9 heteroatoms. The topological polar surface area (TPSA) is 80.2 Å². The maximum absolute atomic E-state index is 7.34. The van der Waals surface area contributed by atoms with Gasteiger partial charge in [0.25, 0.3) is 0 Å². The molecule has 2 atom stereocenters. The number of benzene rings is 1. The molecule has 0 bridgehead atoms. The predicted octanol–water partition coefficient (Wildman–Crippen LogP) is 2.34. The fourth-order valence-corrected chi connectivity index (χ4v) is 4.37. The van der Waals surface area contributed by atoms with Gasteiger partial charge in [-0.3, -0.25) is 4.90 Å². The molecule has 0 amide bonds. The molecule has 0 saturated carbocycles. The van der Waals surface area contributed by atoms with Crippen LogP contribution < -0.4 is 4.90 Å². The van der Waals surface area contributed by atoms with Crippen molar-refractivity contribution in [3.8, 4) is 5.69 Å². The molecule has 3 aromatic rings. The van der Waals surface area contributed by atoms with Gasteiger partial charge in [-0.25, -0.2) is 4.98 Å². The maximum atomic E-state index is 7.34. The van der Waals surface area contributed by atoms with Gasteiger partial charge in [0.15, 0.2) is 11.6 Å². The summed E-state index contributed by atoms with van der Waals surface area (Å²) in [5, 5.41) is 13.3. The van der Waals surface area contributed by atoms with Crippen LogP contribution in [-0.4, -0.2) is 60.8 Å². The number of piperazine rings is 1. The van der Waals surface area contributed by atoms with Gasteiger partial charge >= 0.3 is 5.82 Å². The minimum absolute atomic E-state index is 0.183. The SMILES string of the molecule is [C-]#[N+]c1nccnc1N1CCN2[C@@H](CC[C@@H]2c2nnn(-c3cccc(C)c3)n2)C1. The number of fused-ring (bicyclic) bond motifs is 1. The second kappa shape index (κ2) is 7.22. The fourth-order valence-electron chi connectivity index (χ4n) is 4.37. The zero-order valence-corrected chi connectivity index (χ0v) is 16.2. The molecule has 0 N–H and O–H groups in total. The van der Waals surface area contributed by atoms with Crippen LogP contribution in [0.4, 0.5) is 11.6 Å². The average molecular weight is 387 g/mol. The number of aryl methyl sites for hydroxylation is 1. The smallest absolute Gasteiger partial charge is 0.312 e. The minimum atomic E-state index is 0.183. The summed E-state index contributed by atoms with van der Waals surface area (Å²) in [7, 11) is 0. The molecule has 2 aromatic heterocycles. The highest BCUT2D eigenvalue weighted by atomic mass is 15.6. The van der Waals surface area contributed by atoms with Crippen molar-refractivity contribution < 1.29 is 0 Å². The van der Waals surface area contributed by atoms with Gasteiger partial charge < -0.3 is 9.74 Å². The normalized spacial score (nSPS) is 21.7. The van der Waals surface area contributed by atoms with Gasteiger partial charge in [-0.05, 0) is 42.7 Å². The Bertz CT molecular complexity index is 1070. The van der Waals surface area contributed by atoms with Crippen LogP contribution in [0.25, 0.3) is 10.5 Å². The summed E-state index contributed by atoms with van der Waals surface area (Å²) in [5.74, 6) is 1.84. The van der Waals surface area contributed by atoms with Crippen LogP contribution in [0.15, 0.2) is 36.7 Å². The Hall–Kier alpha value is -3.38. The Labute approximate surface area is 168 Å². The van der Waals surface area contributed by atoms with Crippen molar-refractivity contribution >= 4 is 11.6 Å². The second-order valence-corrected chi connectivity index (χ2v) is 7.52. The van der Waals surface area contributed by atoms with Crippen LogP contribution in [0.3, 0.4) is 0 Å².